The number of aryl methyl sites for hydroxylation is 2. The number of piperazine rings is 1. The molecule has 1 fully saturated rings. The van der Waals surface area contributed by atoms with Crippen molar-refractivity contribution in [3.63, 3.8) is 0 Å². The van der Waals surface area contributed by atoms with Crippen LogP contribution in [0.25, 0.3) is 11.4 Å². The summed E-state index contributed by atoms with van der Waals surface area (Å²) in [4.78, 5) is 18.9. The number of rotatable bonds is 6. The molecule has 3 aromatic rings. The van der Waals surface area contributed by atoms with Crippen LogP contribution in [0.3, 0.4) is 0 Å². The van der Waals surface area contributed by atoms with Gasteiger partial charge in [-0.05, 0) is 49.9 Å². The molecular weight excluding hydrogens is 412 g/mol. The molecule has 0 radical (unpaired) electrons. The lowest BCUT2D eigenvalue weighted by molar-refractivity contribution is 0.271. The van der Waals surface area contributed by atoms with E-state index in [1.807, 2.05) is 18.5 Å². The molecule has 8 heteroatoms. The lowest BCUT2D eigenvalue weighted by atomic mass is 9.91. The highest BCUT2D eigenvalue weighted by molar-refractivity contribution is 5.68. The summed E-state index contributed by atoms with van der Waals surface area (Å²) in [7, 11) is 0. The molecule has 1 aliphatic carbocycles. The number of anilines is 3. The monoisotopic (exact) mass is 446 g/mol. The van der Waals surface area contributed by atoms with Crippen molar-refractivity contribution in [2.75, 3.05) is 42.9 Å². The Bertz CT molecular complexity index is 1110. The number of aromatic nitrogens is 5. The highest BCUT2D eigenvalue weighted by Gasteiger charge is 2.27. The van der Waals surface area contributed by atoms with Crippen LogP contribution >= 0.6 is 0 Å². The molecule has 1 aliphatic heterocycles. The lowest BCUT2D eigenvalue weighted by Gasteiger charge is -2.35. The quantitative estimate of drug-likeness (QED) is 0.616. The standard InChI is InChI=1S/C25H34N8/c1-5-31-11-13-32(14-12-31)19-8-10-21(26-16-19)28-25-27-15-18-7-9-20-23(22(18)29-25)30-33(6-2)24(20)17(3)4/h8,10,15-17H,5-7,9,11-14H2,1-4H3,(H,26,27,28,29). The maximum absolute atomic E-state index is 4.93. The zero-order valence-electron chi connectivity index (χ0n) is 20.2. The fourth-order valence-corrected chi connectivity index (χ4v) is 5.03. The van der Waals surface area contributed by atoms with Crippen molar-refractivity contribution in [1.82, 2.24) is 29.6 Å². The summed E-state index contributed by atoms with van der Waals surface area (Å²) in [6.45, 7) is 15.1. The summed E-state index contributed by atoms with van der Waals surface area (Å²) < 4.78 is 2.14. The number of nitrogens with zero attached hydrogens (tertiary/aromatic N) is 7. The van der Waals surface area contributed by atoms with Crippen LogP contribution < -0.4 is 10.2 Å². The third-order valence-corrected chi connectivity index (χ3v) is 6.85. The molecule has 8 nitrogen and oxygen atoms in total. The van der Waals surface area contributed by atoms with Crippen molar-refractivity contribution in [3.05, 3.63) is 41.3 Å². The second-order valence-corrected chi connectivity index (χ2v) is 9.20. The highest BCUT2D eigenvalue weighted by Crippen LogP contribution is 2.36. The second-order valence-electron chi connectivity index (χ2n) is 9.20. The first-order valence-electron chi connectivity index (χ1n) is 12.2. The molecule has 0 bridgehead atoms. The Hall–Kier alpha value is -3.00. The Balaban J connectivity index is 1.35. The molecule has 0 atom stereocenters. The van der Waals surface area contributed by atoms with Gasteiger partial charge in [0.2, 0.25) is 5.95 Å². The Morgan fingerprint density at radius 1 is 0.939 bits per heavy atom. The molecule has 3 aromatic heterocycles. The summed E-state index contributed by atoms with van der Waals surface area (Å²) in [5.74, 6) is 1.76. The molecule has 0 spiro atoms. The van der Waals surface area contributed by atoms with E-state index in [4.69, 9.17) is 10.1 Å². The minimum absolute atomic E-state index is 0.440. The normalized spacial score (nSPS) is 16.1. The maximum Gasteiger partial charge on any atom is 0.228 e. The van der Waals surface area contributed by atoms with Crippen molar-refractivity contribution in [2.24, 2.45) is 0 Å². The van der Waals surface area contributed by atoms with Gasteiger partial charge in [-0.2, -0.15) is 5.10 Å². The largest absolute Gasteiger partial charge is 0.368 e. The molecule has 0 saturated carbocycles. The van der Waals surface area contributed by atoms with Crippen molar-refractivity contribution in [3.8, 4) is 11.4 Å². The molecule has 5 rings (SSSR count). The Morgan fingerprint density at radius 3 is 2.42 bits per heavy atom. The van der Waals surface area contributed by atoms with Crippen molar-refractivity contribution in [2.45, 2.75) is 53.0 Å². The van der Waals surface area contributed by atoms with Crippen molar-refractivity contribution >= 4 is 17.5 Å². The van der Waals surface area contributed by atoms with Gasteiger partial charge in [0.1, 0.15) is 11.5 Å². The van der Waals surface area contributed by atoms with E-state index < -0.39 is 0 Å². The number of likely N-dealkylation sites (N-methyl/N-ethyl adjacent to an activating group) is 1. The summed E-state index contributed by atoms with van der Waals surface area (Å²) in [5, 5.41) is 8.22. The lowest BCUT2D eigenvalue weighted by Crippen LogP contribution is -2.46. The van der Waals surface area contributed by atoms with Crippen LogP contribution in [-0.2, 0) is 19.4 Å². The van der Waals surface area contributed by atoms with E-state index in [0.717, 1.165) is 69.3 Å². The smallest absolute Gasteiger partial charge is 0.228 e. The van der Waals surface area contributed by atoms with Gasteiger partial charge in [0, 0.05) is 50.2 Å². The minimum Gasteiger partial charge on any atom is -0.368 e. The maximum atomic E-state index is 4.93. The van der Waals surface area contributed by atoms with Crippen LogP contribution in [0.1, 0.15) is 50.4 Å². The first-order valence-corrected chi connectivity index (χ1v) is 12.2. The summed E-state index contributed by atoms with van der Waals surface area (Å²) in [5.41, 5.74) is 6.98. The first kappa shape index (κ1) is 21.8. The van der Waals surface area contributed by atoms with Gasteiger partial charge in [0.25, 0.3) is 0 Å². The zero-order chi connectivity index (χ0) is 22.9. The topological polar surface area (TPSA) is 75.0 Å². The predicted molar refractivity (Wildman–Crippen MR) is 132 cm³/mol. The average Bonchev–Trinajstić information content (AvgIpc) is 3.24. The molecule has 0 amide bonds. The molecule has 174 valence electrons. The van der Waals surface area contributed by atoms with Gasteiger partial charge in [0.05, 0.1) is 17.6 Å². The molecule has 1 N–H and O–H groups in total. The van der Waals surface area contributed by atoms with Gasteiger partial charge in [0.15, 0.2) is 0 Å². The van der Waals surface area contributed by atoms with E-state index in [0.29, 0.717) is 11.9 Å². The van der Waals surface area contributed by atoms with Crippen LogP contribution in [0.4, 0.5) is 17.5 Å². The third-order valence-electron chi connectivity index (χ3n) is 6.85. The molecule has 1 saturated heterocycles. The van der Waals surface area contributed by atoms with Gasteiger partial charge in [-0.25, -0.2) is 15.0 Å². The van der Waals surface area contributed by atoms with Crippen LogP contribution in [-0.4, -0.2) is 62.4 Å². The molecule has 33 heavy (non-hydrogen) atoms. The van der Waals surface area contributed by atoms with Crippen LogP contribution in [0.15, 0.2) is 24.5 Å². The summed E-state index contributed by atoms with van der Waals surface area (Å²) >= 11 is 0. The van der Waals surface area contributed by atoms with E-state index in [1.165, 1.54) is 22.5 Å². The van der Waals surface area contributed by atoms with E-state index in [9.17, 15) is 0 Å². The molecule has 0 aromatic carbocycles. The molecular formula is C25H34N8. The number of pyridine rings is 1. The van der Waals surface area contributed by atoms with Crippen molar-refractivity contribution < 1.29 is 0 Å². The van der Waals surface area contributed by atoms with E-state index >= 15 is 0 Å². The van der Waals surface area contributed by atoms with E-state index in [1.54, 1.807) is 0 Å². The Morgan fingerprint density at radius 2 is 1.76 bits per heavy atom. The van der Waals surface area contributed by atoms with Crippen LogP contribution in [0.2, 0.25) is 0 Å². The van der Waals surface area contributed by atoms with E-state index in [2.05, 4.69) is 63.5 Å². The predicted octanol–water partition coefficient (Wildman–Crippen LogP) is 3.86. The SMILES string of the molecule is CCN1CCN(c2ccc(Nc3ncc4c(n3)-c3nn(CC)c(C(C)C)c3CC4)nc2)CC1. The summed E-state index contributed by atoms with van der Waals surface area (Å²) in [6.07, 6.45) is 5.84. The van der Waals surface area contributed by atoms with Crippen LogP contribution in [0.5, 0.6) is 0 Å². The third kappa shape index (κ3) is 4.19. The number of fused-ring (bicyclic) bond motifs is 3. The Kier molecular flexibility index (Phi) is 6.01. The van der Waals surface area contributed by atoms with Crippen LogP contribution in [0, 0.1) is 0 Å². The molecule has 2 aliphatic rings. The zero-order valence-corrected chi connectivity index (χ0v) is 20.2. The van der Waals surface area contributed by atoms with Gasteiger partial charge < -0.3 is 15.1 Å². The van der Waals surface area contributed by atoms with Gasteiger partial charge in [-0.3, -0.25) is 4.68 Å². The van der Waals surface area contributed by atoms with E-state index in [-0.39, 0.29) is 0 Å². The fraction of sp³-hybridized carbons (Fsp3) is 0.520. The number of nitrogens with one attached hydrogen (secondary N) is 1. The first-order chi connectivity index (χ1) is 16.1. The summed E-state index contributed by atoms with van der Waals surface area (Å²) in [6, 6.07) is 4.14. The van der Waals surface area contributed by atoms with Crippen molar-refractivity contribution in [1.29, 1.82) is 0 Å². The average molecular weight is 447 g/mol. The van der Waals surface area contributed by atoms with Gasteiger partial charge in [-0.1, -0.05) is 20.8 Å². The minimum atomic E-state index is 0.440. The highest BCUT2D eigenvalue weighted by atomic mass is 15.3. The molecule has 0 unspecified atom stereocenters. The molecule has 4 heterocycles. The fourth-order valence-electron chi connectivity index (χ4n) is 5.03. The number of hydrogen-bond donors (Lipinski definition) is 1. The van der Waals surface area contributed by atoms with Gasteiger partial charge in [-0.15, -0.1) is 0 Å². The Labute approximate surface area is 196 Å². The van der Waals surface area contributed by atoms with Gasteiger partial charge >= 0.3 is 0 Å². The number of hydrogen-bond acceptors (Lipinski definition) is 7. The second kappa shape index (κ2) is 9.09.